The summed E-state index contributed by atoms with van der Waals surface area (Å²) in [6, 6.07) is -0.573. The molecule has 116 valence electrons. The highest BCUT2D eigenvalue weighted by molar-refractivity contribution is 5.80. The number of carbonyl (C=O) groups excluding carboxylic acids is 1. The van der Waals surface area contributed by atoms with Crippen LogP contribution in [0.5, 0.6) is 0 Å². The molecule has 6 nitrogen and oxygen atoms in total. The van der Waals surface area contributed by atoms with Gasteiger partial charge in [-0.3, -0.25) is 9.69 Å². The average molecular weight is 296 g/mol. The predicted molar refractivity (Wildman–Crippen MR) is 73.0 cm³/mol. The zero-order chi connectivity index (χ0) is 14.8. The van der Waals surface area contributed by atoms with E-state index >= 15 is 0 Å². The minimum atomic E-state index is -1.02. The molecule has 2 atom stereocenters. The van der Waals surface area contributed by atoms with Crippen molar-refractivity contribution >= 4 is 5.91 Å². The summed E-state index contributed by atoms with van der Waals surface area (Å²) in [7, 11) is 0. The fourth-order valence-electron chi connectivity index (χ4n) is 3.35. The molecular formula is C14H21FN4O2. The third-order valence-corrected chi connectivity index (χ3v) is 4.46. The number of amides is 1. The lowest BCUT2D eigenvalue weighted by Crippen LogP contribution is -2.39. The molecule has 1 aromatic heterocycles. The van der Waals surface area contributed by atoms with Gasteiger partial charge in [0.05, 0.1) is 12.6 Å². The Bertz CT molecular complexity index is 501. The molecule has 1 aliphatic heterocycles. The maximum Gasteiger partial charge on any atom is 0.234 e. The Kier molecular flexibility index (Phi) is 4.19. The average Bonchev–Trinajstić information content (AvgIpc) is 3.07. The van der Waals surface area contributed by atoms with Crippen molar-refractivity contribution in [3.63, 3.8) is 0 Å². The normalized spacial score (nSPS) is 28.0. The number of carbonyl (C=O) groups is 1. The Labute approximate surface area is 122 Å². The monoisotopic (exact) mass is 296 g/mol. The van der Waals surface area contributed by atoms with Crippen LogP contribution in [0, 0.1) is 0 Å². The lowest BCUT2D eigenvalue weighted by Gasteiger charge is -2.19. The van der Waals surface area contributed by atoms with Crippen molar-refractivity contribution in [1.82, 2.24) is 15.0 Å². The molecule has 21 heavy (non-hydrogen) atoms. The van der Waals surface area contributed by atoms with E-state index in [1.807, 2.05) is 0 Å². The molecule has 0 unspecified atom stereocenters. The van der Waals surface area contributed by atoms with Crippen molar-refractivity contribution in [1.29, 1.82) is 0 Å². The van der Waals surface area contributed by atoms with Crippen molar-refractivity contribution in [2.75, 3.05) is 6.54 Å². The van der Waals surface area contributed by atoms with Gasteiger partial charge in [0.15, 0.2) is 5.82 Å². The Morgan fingerprint density at radius 3 is 2.86 bits per heavy atom. The molecule has 7 heteroatoms. The Hall–Kier alpha value is -1.50. The van der Waals surface area contributed by atoms with Crippen LogP contribution in [0.3, 0.4) is 0 Å². The third kappa shape index (κ3) is 3.23. The van der Waals surface area contributed by atoms with Gasteiger partial charge < -0.3 is 10.3 Å². The van der Waals surface area contributed by atoms with Gasteiger partial charge in [-0.05, 0) is 12.8 Å². The molecule has 0 radical (unpaired) electrons. The van der Waals surface area contributed by atoms with Crippen LogP contribution in [-0.2, 0) is 11.3 Å². The number of alkyl halides is 1. The molecular weight excluding hydrogens is 275 g/mol. The van der Waals surface area contributed by atoms with E-state index in [1.54, 1.807) is 4.90 Å². The number of rotatable bonds is 4. The zero-order valence-corrected chi connectivity index (χ0v) is 12.0. The van der Waals surface area contributed by atoms with Crippen LogP contribution < -0.4 is 5.73 Å². The van der Waals surface area contributed by atoms with E-state index in [0.717, 1.165) is 12.8 Å². The van der Waals surface area contributed by atoms with Crippen LogP contribution in [0.2, 0.25) is 0 Å². The standard InChI is InChI=1S/C14H21FN4O2/c15-10-6-11(13(16)20)19(7-10)8-12-17-14(21-18-12)9-4-2-1-3-5-9/h9-11H,1-8H2,(H2,16,20)/t10-,11+/m1/s1. The van der Waals surface area contributed by atoms with Gasteiger partial charge in [-0.1, -0.05) is 24.4 Å². The Morgan fingerprint density at radius 2 is 2.14 bits per heavy atom. The van der Waals surface area contributed by atoms with Crippen LogP contribution in [0.25, 0.3) is 0 Å². The predicted octanol–water partition coefficient (Wildman–Crippen LogP) is 1.51. The van der Waals surface area contributed by atoms with Gasteiger partial charge in [0.2, 0.25) is 11.8 Å². The molecule has 1 aliphatic carbocycles. The molecule has 1 aromatic rings. The van der Waals surface area contributed by atoms with Crippen molar-refractivity contribution in [3.05, 3.63) is 11.7 Å². The van der Waals surface area contributed by atoms with E-state index in [-0.39, 0.29) is 13.0 Å². The second-order valence-electron chi connectivity index (χ2n) is 6.06. The first-order chi connectivity index (χ1) is 10.1. The molecule has 2 fully saturated rings. The fraction of sp³-hybridized carbons (Fsp3) is 0.786. The summed E-state index contributed by atoms with van der Waals surface area (Å²) in [6.07, 6.45) is 4.96. The van der Waals surface area contributed by atoms with Gasteiger partial charge in [0.25, 0.3) is 0 Å². The molecule has 1 amide bonds. The first-order valence-corrected chi connectivity index (χ1v) is 7.63. The fourth-order valence-corrected chi connectivity index (χ4v) is 3.35. The van der Waals surface area contributed by atoms with Crippen molar-refractivity contribution < 1.29 is 13.7 Å². The van der Waals surface area contributed by atoms with Crippen molar-refractivity contribution in [2.45, 2.75) is 63.2 Å². The van der Waals surface area contributed by atoms with E-state index < -0.39 is 18.1 Å². The number of aromatic nitrogens is 2. The number of primary amides is 1. The second kappa shape index (κ2) is 6.09. The van der Waals surface area contributed by atoms with Crippen molar-refractivity contribution in [2.24, 2.45) is 5.73 Å². The second-order valence-corrected chi connectivity index (χ2v) is 6.06. The van der Waals surface area contributed by atoms with Crippen LogP contribution in [0.15, 0.2) is 4.52 Å². The topological polar surface area (TPSA) is 85.3 Å². The van der Waals surface area contributed by atoms with Crippen molar-refractivity contribution in [3.8, 4) is 0 Å². The van der Waals surface area contributed by atoms with Crippen LogP contribution in [0.1, 0.15) is 56.2 Å². The number of hydrogen-bond donors (Lipinski definition) is 1. The number of likely N-dealkylation sites (tertiary alicyclic amines) is 1. The molecule has 0 aromatic carbocycles. The molecule has 0 spiro atoms. The molecule has 2 heterocycles. The third-order valence-electron chi connectivity index (χ3n) is 4.46. The SMILES string of the molecule is NC(=O)[C@@H]1C[C@@H](F)CN1Cc1noc(C2CCCCC2)n1. The Balaban J connectivity index is 1.65. The van der Waals surface area contributed by atoms with Gasteiger partial charge in [-0.2, -0.15) is 4.98 Å². The summed E-state index contributed by atoms with van der Waals surface area (Å²) < 4.78 is 18.8. The van der Waals surface area contributed by atoms with Gasteiger partial charge in [0, 0.05) is 18.9 Å². The summed E-state index contributed by atoms with van der Waals surface area (Å²) in [5, 5.41) is 3.97. The Morgan fingerprint density at radius 1 is 1.38 bits per heavy atom. The summed E-state index contributed by atoms with van der Waals surface area (Å²) in [5.74, 6) is 1.04. The summed E-state index contributed by atoms with van der Waals surface area (Å²) in [6.45, 7) is 0.505. The number of hydrogen-bond acceptors (Lipinski definition) is 5. The minimum absolute atomic E-state index is 0.155. The van der Waals surface area contributed by atoms with Crippen LogP contribution >= 0.6 is 0 Å². The molecule has 1 saturated carbocycles. The van der Waals surface area contributed by atoms with Gasteiger partial charge in [-0.15, -0.1) is 0 Å². The molecule has 2 aliphatic rings. The maximum absolute atomic E-state index is 13.5. The number of nitrogens with two attached hydrogens (primary N) is 1. The first kappa shape index (κ1) is 14.4. The van der Waals surface area contributed by atoms with E-state index in [1.165, 1.54) is 19.3 Å². The van der Waals surface area contributed by atoms with E-state index in [0.29, 0.717) is 24.2 Å². The number of halogens is 1. The summed E-state index contributed by atoms with van der Waals surface area (Å²) in [5.41, 5.74) is 5.31. The largest absolute Gasteiger partial charge is 0.368 e. The lowest BCUT2D eigenvalue weighted by atomic mass is 9.89. The molecule has 0 bridgehead atoms. The van der Waals surface area contributed by atoms with Crippen LogP contribution in [0.4, 0.5) is 4.39 Å². The highest BCUT2D eigenvalue weighted by atomic mass is 19.1. The molecule has 3 rings (SSSR count). The summed E-state index contributed by atoms with van der Waals surface area (Å²) >= 11 is 0. The molecule has 1 saturated heterocycles. The van der Waals surface area contributed by atoms with Gasteiger partial charge in [-0.25, -0.2) is 4.39 Å². The maximum atomic E-state index is 13.5. The summed E-state index contributed by atoms with van der Waals surface area (Å²) in [4.78, 5) is 17.5. The van der Waals surface area contributed by atoms with E-state index in [9.17, 15) is 9.18 Å². The van der Waals surface area contributed by atoms with Gasteiger partial charge >= 0.3 is 0 Å². The minimum Gasteiger partial charge on any atom is -0.368 e. The quantitative estimate of drug-likeness (QED) is 0.910. The van der Waals surface area contributed by atoms with Crippen LogP contribution in [-0.4, -0.2) is 39.7 Å². The number of nitrogens with zero attached hydrogens (tertiary/aromatic N) is 3. The first-order valence-electron chi connectivity index (χ1n) is 7.63. The highest BCUT2D eigenvalue weighted by Crippen LogP contribution is 2.31. The molecule has 2 N–H and O–H groups in total. The zero-order valence-electron chi connectivity index (χ0n) is 12.0. The highest BCUT2D eigenvalue weighted by Gasteiger charge is 2.36. The smallest absolute Gasteiger partial charge is 0.234 e. The van der Waals surface area contributed by atoms with E-state index in [2.05, 4.69) is 10.1 Å². The van der Waals surface area contributed by atoms with Gasteiger partial charge in [0.1, 0.15) is 6.17 Å². The lowest BCUT2D eigenvalue weighted by molar-refractivity contribution is -0.122. The van der Waals surface area contributed by atoms with E-state index in [4.69, 9.17) is 10.3 Å².